The molecule has 0 heterocycles. The van der Waals surface area contributed by atoms with Gasteiger partial charge in [-0.1, -0.05) is 54.0 Å². The summed E-state index contributed by atoms with van der Waals surface area (Å²) in [6.45, 7) is 29.9. The Kier molecular flexibility index (Phi) is 6.94. The molecule has 5 rings (SSSR count). The lowest BCUT2D eigenvalue weighted by atomic mass is 9.34. The Bertz CT molecular complexity index is 1290. The van der Waals surface area contributed by atoms with E-state index in [1.807, 2.05) is 26.8 Å². The Morgan fingerprint density at radius 1 is 1.07 bits per heavy atom. The van der Waals surface area contributed by atoms with Gasteiger partial charge in [0.05, 0.1) is 6.57 Å². The van der Waals surface area contributed by atoms with Crippen LogP contribution in [0.25, 0.3) is 4.85 Å². The van der Waals surface area contributed by atoms with E-state index in [2.05, 4.69) is 58.6 Å². The lowest BCUT2D eigenvalue weighted by Gasteiger charge is -2.70. The van der Waals surface area contributed by atoms with E-state index in [4.69, 9.17) is 11.3 Å². The molecule has 2 N–H and O–H groups in total. The molecule has 0 spiro atoms. The van der Waals surface area contributed by atoms with Gasteiger partial charge in [0.2, 0.25) is 5.70 Å². The molecular weight excluding hydrogens is 524 g/mol. The largest absolute Gasteiger partial charge is 0.523 e. The van der Waals surface area contributed by atoms with E-state index in [0.717, 1.165) is 44.9 Å². The van der Waals surface area contributed by atoms with E-state index in [9.17, 15) is 14.7 Å². The zero-order chi connectivity index (χ0) is 31.3. The number of nitrogens with one attached hydrogen (secondary N) is 1. The number of allylic oxidation sites excluding steroid dienone is 4. The van der Waals surface area contributed by atoms with Crippen molar-refractivity contribution in [3.8, 4) is 0 Å². The molecule has 0 saturated heterocycles. The van der Waals surface area contributed by atoms with Crippen molar-refractivity contribution in [3.05, 3.63) is 34.5 Å². The number of aliphatic hydroxyl groups is 1. The molecule has 0 bridgehead atoms. The SMILES string of the molecule is [C-]#[N+]C1=C(O)C(C)(C)[C@@H]2CC[C@]3(C)C(=CC(=O)[C@@H]4[C@@H]5CC(C)(C)CC[C@]5(CNC(=O)OC(C)(C)C)CC[C@]43C)[C@@]2(C)C1. The second kappa shape index (κ2) is 9.35. The summed E-state index contributed by atoms with van der Waals surface area (Å²) in [7, 11) is 0. The van der Waals surface area contributed by atoms with Crippen molar-refractivity contribution >= 4 is 11.9 Å². The van der Waals surface area contributed by atoms with Crippen LogP contribution in [0.1, 0.15) is 121 Å². The van der Waals surface area contributed by atoms with E-state index in [1.54, 1.807) is 0 Å². The van der Waals surface area contributed by atoms with Crippen molar-refractivity contribution in [1.29, 1.82) is 0 Å². The van der Waals surface area contributed by atoms with Crippen LogP contribution in [-0.2, 0) is 9.53 Å². The first-order chi connectivity index (χ1) is 19.2. The first-order valence-electron chi connectivity index (χ1n) is 16.2. The van der Waals surface area contributed by atoms with Crippen LogP contribution >= 0.6 is 0 Å². The second-order valence-electron chi connectivity index (χ2n) is 17.7. The summed E-state index contributed by atoms with van der Waals surface area (Å²) in [5.74, 6) is 0.697. The Labute approximate surface area is 253 Å². The molecule has 0 aromatic heterocycles. The molecule has 7 atom stereocenters. The van der Waals surface area contributed by atoms with Crippen molar-refractivity contribution in [2.24, 2.45) is 50.2 Å². The van der Waals surface area contributed by atoms with E-state index in [1.165, 1.54) is 5.57 Å². The molecule has 5 aliphatic carbocycles. The zero-order valence-electron chi connectivity index (χ0n) is 27.8. The number of carbonyl (C=O) groups is 2. The third-order valence-electron chi connectivity index (χ3n) is 13.3. The number of ether oxygens (including phenoxy) is 1. The van der Waals surface area contributed by atoms with Crippen molar-refractivity contribution in [3.63, 3.8) is 0 Å². The predicted molar refractivity (Wildman–Crippen MR) is 165 cm³/mol. The first-order valence-corrected chi connectivity index (χ1v) is 16.2. The minimum absolute atomic E-state index is 0.110. The number of ketones is 1. The van der Waals surface area contributed by atoms with Gasteiger partial charge in [-0.15, -0.1) is 0 Å². The van der Waals surface area contributed by atoms with Crippen LogP contribution in [0.15, 0.2) is 23.1 Å². The molecule has 3 fully saturated rings. The van der Waals surface area contributed by atoms with Gasteiger partial charge in [-0.25, -0.2) is 9.64 Å². The van der Waals surface area contributed by atoms with Gasteiger partial charge in [0.15, 0.2) is 5.78 Å². The number of nitrogens with zero attached hydrogens (tertiary/aromatic N) is 1. The molecule has 0 aromatic carbocycles. The van der Waals surface area contributed by atoms with Crippen molar-refractivity contribution in [2.75, 3.05) is 6.54 Å². The van der Waals surface area contributed by atoms with Crippen LogP contribution < -0.4 is 5.32 Å². The Balaban J connectivity index is 1.57. The minimum atomic E-state index is -0.558. The van der Waals surface area contributed by atoms with Gasteiger partial charge in [0.25, 0.3) is 0 Å². The summed E-state index contributed by atoms with van der Waals surface area (Å²) in [6, 6.07) is 0. The highest BCUT2D eigenvalue weighted by Crippen LogP contribution is 2.75. The summed E-state index contributed by atoms with van der Waals surface area (Å²) in [5, 5.41) is 14.2. The number of hydrogen-bond donors (Lipinski definition) is 2. The number of fused-ring (bicyclic) bond motifs is 7. The molecule has 0 aromatic rings. The fraction of sp³-hybridized carbons (Fsp3) is 0.806. The normalized spacial score (nSPS) is 42.2. The molecule has 0 radical (unpaired) electrons. The molecule has 0 aliphatic heterocycles. The van der Waals surface area contributed by atoms with E-state index in [0.29, 0.717) is 18.7 Å². The summed E-state index contributed by atoms with van der Waals surface area (Å²) in [6.07, 6.45) is 9.03. The molecular formula is C36H54N2O4. The maximum absolute atomic E-state index is 14.6. The zero-order valence-corrected chi connectivity index (χ0v) is 27.8. The monoisotopic (exact) mass is 578 g/mol. The van der Waals surface area contributed by atoms with E-state index in [-0.39, 0.29) is 62.5 Å². The van der Waals surface area contributed by atoms with Gasteiger partial charge in [-0.05, 0) is 117 Å². The quantitative estimate of drug-likeness (QED) is 0.321. The van der Waals surface area contributed by atoms with E-state index < -0.39 is 11.0 Å². The summed E-state index contributed by atoms with van der Waals surface area (Å²) in [5.41, 5.74) is -0.164. The van der Waals surface area contributed by atoms with Crippen LogP contribution in [0.3, 0.4) is 0 Å². The summed E-state index contributed by atoms with van der Waals surface area (Å²) >= 11 is 0. The molecule has 3 saturated carbocycles. The first kappa shape index (κ1) is 31.1. The highest BCUT2D eigenvalue weighted by molar-refractivity contribution is 5.95. The van der Waals surface area contributed by atoms with Gasteiger partial charge in [-0.2, -0.15) is 0 Å². The molecule has 232 valence electrons. The average molecular weight is 579 g/mol. The Morgan fingerprint density at radius 3 is 2.33 bits per heavy atom. The van der Waals surface area contributed by atoms with Crippen molar-refractivity contribution in [1.82, 2.24) is 5.32 Å². The average Bonchev–Trinajstić information content (AvgIpc) is 2.85. The van der Waals surface area contributed by atoms with Gasteiger partial charge < -0.3 is 15.2 Å². The Hall–Kier alpha value is -2.29. The van der Waals surface area contributed by atoms with E-state index >= 15 is 0 Å². The number of amides is 1. The lowest BCUT2D eigenvalue weighted by molar-refractivity contribution is -0.171. The second-order valence-corrected chi connectivity index (χ2v) is 17.7. The maximum Gasteiger partial charge on any atom is 0.407 e. The Morgan fingerprint density at radius 2 is 1.71 bits per heavy atom. The molecule has 6 heteroatoms. The van der Waals surface area contributed by atoms with Gasteiger partial charge in [0.1, 0.15) is 11.4 Å². The fourth-order valence-electron chi connectivity index (χ4n) is 10.9. The number of carbonyl (C=O) groups excluding carboxylic acids is 2. The molecule has 42 heavy (non-hydrogen) atoms. The molecule has 0 unspecified atom stereocenters. The highest BCUT2D eigenvalue weighted by atomic mass is 16.6. The van der Waals surface area contributed by atoms with Crippen LogP contribution in [-0.4, -0.2) is 29.1 Å². The predicted octanol–water partition coefficient (Wildman–Crippen LogP) is 8.79. The number of aliphatic hydroxyl groups excluding tert-OH is 1. The number of hydrogen-bond acceptors (Lipinski definition) is 4. The summed E-state index contributed by atoms with van der Waals surface area (Å²) in [4.78, 5) is 31.2. The number of rotatable bonds is 2. The van der Waals surface area contributed by atoms with Crippen LogP contribution in [0, 0.1) is 56.8 Å². The molecule has 5 aliphatic rings. The third-order valence-corrected chi connectivity index (χ3v) is 13.3. The smallest absolute Gasteiger partial charge is 0.407 e. The summed E-state index contributed by atoms with van der Waals surface area (Å²) < 4.78 is 5.62. The molecule has 1 amide bonds. The molecule has 6 nitrogen and oxygen atoms in total. The van der Waals surface area contributed by atoms with Gasteiger partial charge >= 0.3 is 6.09 Å². The third kappa shape index (κ3) is 4.38. The van der Waals surface area contributed by atoms with Gasteiger partial charge in [-0.3, -0.25) is 4.79 Å². The van der Waals surface area contributed by atoms with Crippen LogP contribution in [0.4, 0.5) is 4.79 Å². The maximum atomic E-state index is 14.6. The lowest BCUT2D eigenvalue weighted by Crippen LogP contribution is -2.65. The topological polar surface area (TPSA) is 80.0 Å². The fourth-order valence-corrected chi connectivity index (χ4v) is 10.9. The van der Waals surface area contributed by atoms with Gasteiger partial charge in [0, 0.05) is 17.9 Å². The standard InChI is InChI=1S/C36H54N2O4/c1-30(2,3)42-29(41)38-21-36-16-14-31(4,5)19-22(36)27-24(39)18-26-33(8)20-23(37-11)28(40)32(6,7)25(33)12-13-34(26,9)35(27,10)15-17-36/h18,22,25,27,40H,12-17,19-21H2,1-10H3,(H,38,41)/t22-,25-,27-,33-,34+,35+,36+/m0/s1. The van der Waals surface area contributed by atoms with Crippen molar-refractivity contribution in [2.45, 2.75) is 126 Å². The minimum Gasteiger partial charge on any atom is -0.523 e. The number of alkyl carbamates (subject to hydrolysis) is 1. The van der Waals surface area contributed by atoms with Crippen LogP contribution in [0.5, 0.6) is 0 Å². The van der Waals surface area contributed by atoms with Crippen molar-refractivity contribution < 1.29 is 19.4 Å². The van der Waals surface area contributed by atoms with Crippen LogP contribution in [0.2, 0.25) is 0 Å². The highest BCUT2D eigenvalue weighted by Gasteiger charge is 2.69.